The third kappa shape index (κ3) is 4.60. The number of nitrogens with zero attached hydrogens (tertiary/aromatic N) is 1. The number of nitrogens with two attached hydrogens (primary N) is 1. The van der Waals surface area contributed by atoms with Gasteiger partial charge < -0.3 is 15.4 Å². The molecule has 8 heteroatoms. The number of primary amides is 1. The molecule has 2 N–H and O–H groups in total. The number of carbonyl (C=O) groups excluding carboxylic acids is 2. The molecule has 5 nitrogen and oxygen atoms in total. The molecule has 0 bridgehead atoms. The second-order valence-electron chi connectivity index (χ2n) is 9.17. The summed E-state index contributed by atoms with van der Waals surface area (Å²) in [6.07, 6.45) is 3.19. The fraction of sp³-hybridized carbons (Fsp3) is 0.259. The van der Waals surface area contributed by atoms with Crippen LogP contribution in [0.5, 0.6) is 5.75 Å². The lowest BCUT2D eigenvalue weighted by atomic mass is 10.0. The predicted octanol–water partition coefficient (Wildman–Crippen LogP) is 6.35. The van der Waals surface area contributed by atoms with Crippen LogP contribution in [0.4, 0.5) is 10.1 Å². The Labute approximate surface area is 212 Å². The highest BCUT2D eigenvalue weighted by molar-refractivity contribution is 6.34. The molecule has 3 aromatic carbocycles. The number of ether oxygens (including phenoxy) is 1. The molecule has 0 saturated heterocycles. The average Bonchev–Trinajstić information content (AvgIpc) is 3.44. The lowest BCUT2D eigenvalue weighted by Crippen LogP contribution is -2.28. The molecule has 0 heterocycles. The SMILES string of the molecule is CN(C(=O)c1c(F)cccc1Cl)c1ccc(-c2cc(C(N)=O)ccc2Cl)cc1O[C@H]1C[C@@H]2C[C@@H]2C1. The second kappa shape index (κ2) is 9.17. The van der Waals surface area contributed by atoms with E-state index in [-0.39, 0.29) is 16.7 Å². The van der Waals surface area contributed by atoms with Crippen LogP contribution in [0.2, 0.25) is 10.0 Å². The van der Waals surface area contributed by atoms with Crippen LogP contribution in [-0.2, 0) is 0 Å². The first kappa shape index (κ1) is 23.6. The van der Waals surface area contributed by atoms with Gasteiger partial charge in [0.05, 0.1) is 22.4 Å². The highest BCUT2D eigenvalue weighted by Gasteiger charge is 2.47. The van der Waals surface area contributed by atoms with Crippen molar-refractivity contribution in [1.29, 1.82) is 0 Å². The maximum Gasteiger partial charge on any atom is 0.262 e. The van der Waals surface area contributed by atoms with Gasteiger partial charge in [0.2, 0.25) is 5.91 Å². The summed E-state index contributed by atoms with van der Waals surface area (Å²) in [6.45, 7) is 0. The Hall–Kier alpha value is -3.09. The van der Waals surface area contributed by atoms with Gasteiger partial charge in [-0.15, -0.1) is 0 Å². The lowest BCUT2D eigenvalue weighted by molar-refractivity contribution is 0.0983. The van der Waals surface area contributed by atoms with Gasteiger partial charge in [-0.2, -0.15) is 0 Å². The number of hydrogen-bond donors (Lipinski definition) is 1. The van der Waals surface area contributed by atoms with E-state index in [1.54, 1.807) is 43.4 Å². The summed E-state index contributed by atoms with van der Waals surface area (Å²) in [5.41, 5.74) is 7.36. The molecular weight excluding hydrogens is 490 g/mol. The Balaban J connectivity index is 1.55. The molecule has 0 unspecified atom stereocenters. The molecule has 0 radical (unpaired) electrons. The van der Waals surface area contributed by atoms with E-state index in [1.807, 2.05) is 0 Å². The molecule has 5 rings (SSSR count). The number of carbonyl (C=O) groups is 2. The van der Waals surface area contributed by atoms with E-state index in [1.165, 1.54) is 29.5 Å². The first-order valence-electron chi connectivity index (χ1n) is 11.4. The van der Waals surface area contributed by atoms with Crippen LogP contribution >= 0.6 is 23.2 Å². The van der Waals surface area contributed by atoms with Crippen LogP contribution in [0, 0.1) is 17.7 Å². The topological polar surface area (TPSA) is 72.6 Å². The van der Waals surface area contributed by atoms with Crippen molar-refractivity contribution in [1.82, 2.24) is 0 Å². The molecule has 3 atom stereocenters. The molecule has 3 aromatic rings. The zero-order valence-corrected chi connectivity index (χ0v) is 20.4. The Morgan fingerprint density at radius 1 is 1.00 bits per heavy atom. The van der Waals surface area contributed by atoms with Gasteiger partial charge in [-0.1, -0.05) is 35.3 Å². The standard InChI is InChI=1S/C27H23Cl2FN2O3/c1-32(27(34)25-21(29)3-2-4-22(25)30)23-8-6-14(19-12-15(26(31)33)5-7-20(19)28)13-24(23)35-18-10-16-9-17(16)11-18/h2-8,12-13,16-18H,9-11H2,1H3,(H2,31,33)/t16-,17+,18-. The largest absolute Gasteiger partial charge is 0.488 e. The smallest absolute Gasteiger partial charge is 0.262 e. The summed E-state index contributed by atoms with van der Waals surface area (Å²) in [5.74, 6) is 0.0221. The fourth-order valence-corrected chi connectivity index (χ4v) is 5.34. The third-order valence-corrected chi connectivity index (χ3v) is 7.50. The monoisotopic (exact) mass is 512 g/mol. The second-order valence-corrected chi connectivity index (χ2v) is 9.98. The highest BCUT2D eigenvalue weighted by Crippen LogP contribution is 2.53. The minimum Gasteiger partial charge on any atom is -0.488 e. The van der Waals surface area contributed by atoms with E-state index >= 15 is 0 Å². The first-order valence-corrected chi connectivity index (χ1v) is 12.1. The summed E-state index contributed by atoms with van der Waals surface area (Å²) in [6, 6.07) is 14.2. The van der Waals surface area contributed by atoms with Gasteiger partial charge in [0.25, 0.3) is 5.91 Å². The first-order chi connectivity index (χ1) is 16.7. The van der Waals surface area contributed by atoms with E-state index in [9.17, 15) is 14.0 Å². The Morgan fingerprint density at radius 3 is 2.43 bits per heavy atom. The Morgan fingerprint density at radius 2 is 1.74 bits per heavy atom. The molecule has 2 aliphatic rings. The van der Waals surface area contributed by atoms with Gasteiger partial charge in [0, 0.05) is 23.2 Å². The maximum atomic E-state index is 14.5. The van der Waals surface area contributed by atoms with Crippen LogP contribution in [0.25, 0.3) is 11.1 Å². The number of fused-ring (bicyclic) bond motifs is 1. The van der Waals surface area contributed by atoms with Crippen LogP contribution in [0.15, 0.2) is 54.6 Å². The van der Waals surface area contributed by atoms with Crippen molar-refractivity contribution in [3.63, 3.8) is 0 Å². The minimum atomic E-state index is -0.695. The number of hydrogen-bond acceptors (Lipinski definition) is 3. The molecular formula is C27H23Cl2FN2O3. The Bertz CT molecular complexity index is 1320. The van der Waals surface area contributed by atoms with Crippen molar-refractivity contribution in [2.24, 2.45) is 17.6 Å². The molecule has 0 aromatic heterocycles. The molecule has 35 heavy (non-hydrogen) atoms. The van der Waals surface area contributed by atoms with Crippen LogP contribution in [0.3, 0.4) is 0 Å². The van der Waals surface area contributed by atoms with Crippen molar-refractivity contribution >= 4 is 40.7 Å². The summed E-state index contributed by atoms with van der Waals surface area (Å²) in [4.78, 5) is 26.3. The van der Waals surface area contributed by atoms with Crippen molar-refractivity contribution in [3.8, 4) is 16.9 Å². The highest BCUT2D eigenvalue weighted by atomic mass is 35.5. The number of amides is 2. The molecule has 2 aliphatic carbocycles. The van der Waals surface area contributed by atoms with Crippen molar-refractivity contribution < 1.29 is 18.7 Å². The van der Waals surface area contributed by atoms with Crippen molar-refractivity contribution in [3.05, 3.63) is 81.6 Å². The number of benzene rings is 3. The molecule has 2 fully saturated rings. The van der Waals surface area contributed by atoms with Crippen LogP contribution in [0.1, 0.15) is 40.0 Å². The molecule has 180 valence electrons. The van der Waals surface area contributed by atoms with Gasteiger partial charge >= 0.3 is 0 Å². The zero-order chi connectivity index (χ0) is 24.9. The van der Waals surface area contributed by atoms with Crippen molar-refractivity contribution in [2.45, 2.75) is 25.4 Å². The van der Waals surface area contributed by atoms with Gasteiger partial charge in [0.1, 0.15) is 11.6 Å². The van der Waals surface area contributed by atoms with Gasteiger partial charge in [-0.25, -0.2) is 4.39 Å². The summed E-state index contributed by atoms with van der Waals surface area (Å²) >= 11 is 12.6. The fourth-order valence-electron chi connectivity index (χ4n) is 4.87. The van der Waals surface area contributed by atoms with E-state index < -0.39 is 17.6 Å². The molecule has 2 saturated carbocycles. The number of anilines is 1. The number of halogens is 3. The molecule has 2 amide bonds. The van der Waals surface area contributed by atoms with Crippen LogP contribution < -0.4 is 15.4 Å². The van der Waals surface area contributed by atoms with Crippen molar-refractivity contribution in [2.75, 3.05) is 11.9 Å². The minimum absolute atomic E-state index is 0.0285. The van der Waals surface area contributed by atoms with E-state index in [0.717, 1.165) is 12.8 Å². The molecule has 0 spiro atoms. The summed E-state index contributed by atoms with van der Waals surface area (Å²) < 4.78 is 20.9. The van der Waals surface area contributed by atoms with E-state index in [0.29, 0.717) is 45.0 Å². The quantitative estimate of drug-likeness (QED) is 0.418. The van der Waals surface area contributed by atoms with Gasteiger partial charge in [0.15, 0.2) is 0 Å². The summed E-state index contributed by atoms with van der Waals surface area (Å²) in [5, 5.41) is 0.477. The Kier molecular flexibility index (Phi) is 6.20. The lowest BCUT2D eigenvalue weighted by Gasteiger charge is -2.25. The van der Waals surface area contributed by atoms with Gasteiger partial charge in [-0.05, 0) is 79.1 Å². The van der Waals surface area contributed by atoms with E-state index in [4.69, 9.17) is 33.7 Å². The number of rotatable bonds is 6. The average molecular weight is 513 g/mol. The molecule has 0 aliphatic heterocycles. The van der Waals surface area contributed by atoms with E-state index in [2.05, 4.69) is 0 Å². The summed E-state index contributed by atoms with van der Waals surface area (Å²) in [7, 11) is 1.56. The normalized spacial score (nSPS) is 20.3. The third-order valence-electron chi connectivity index (χ3n) is 6.86. The predicted molar refractivity (Wildman–Crippen MR) is 135 cm³/mol. The zero-order valence-electron chi connectivity index (χ0n) is 18.9. The maximum absolute atomic E-state index is 14.5. The van der Waals surface area contributed by atoms with Gasteiger partial charge in [-0.3, -0.25) is 9.59 Å². The van der Waals surface area contributed by atoms with Crippen LogP contribution in [-0.4, -0.2) is 25.0 Å².